The van der Waals surface area contributed by atoms with Crippen LogP contribution in [0.4, 0.5) is 11.4 Å². The maximum Gasteiger partial charge on any atom is 0.357 e. The topological polar surface area (TPSA) is 210 Å². The highest BCUT2D eigenvalue weighted by atomic mass is 31.2. The van der Waals surface area contributed by atoms with Gasteiger partial charge in [-0.1, -0.05) is 25.7 Å². The van der Waals surface area contributed by atoms with Crippen molar-refractivity contribution in [3.63, 3.8) is 0 Å². The Bertz CT molecular complexity index is 1110. The number of hydrazone groups is 1. The molecule has 13 nitrogen and oxygen atoms in total. The summed E-state index contributed by atoms with van der Waals surface area (Å²) >= 11 is 0. The molecule has 14 heteroatoms. The van der Waals surface area contributed by atoms with E-state index < -0.39 is 23.9 Å². The second-order valence-corrected chi connectivity index (χ2v) is 14.9. The van der Waals surface area contributed by atoms with Crippen molar-refractivity contribution in [1.29, 1.82) is 0 Å². The molecular weight excluding hydrogens is 625 g/mol. The number of nitrogens with one attached hydrogen (secondary N) is 1. The van der Waals surface area contributed by atoms with Crippen LogP contribution in [0.2, 0.25) is 0 Å². The molecule has 0 aromatic heterocycles. The second kappa shape index (κ2) is 20.7. The van der Waals surface area contributed by atoms with E-state index in [1.165, 1.54) is 136 Å². The average Bonchev–Trinajstić information content (AvgIpc) is 3.06. The molecule has 1 aromatic rings. The summed E-state index contributed by atoms with van der Waals surface area (Å²) in [7, 11) is -4.40. The third-order valence-electron chi connectivity index (χ3n) is 9.82. The van der Waals surface area contributed by atoms with Gasteiger partial charge in [0.2, 0.25) is 0 Å². The largest absolute Gasteiger partial charge is 0.806 e. The molecule has 0 radical (unpaired) electrons. The van der Waals surface area contributed by atoms with E-state index in [2.05, 4.69) is 15.7 Å². The number of nitrogens with zero attached hydrogens (tertiary/aromatic N) is 2. The number of carbonyl (C=O) groups is 1. The molecule has 5 rings (SSSR count). The Labute approximate surface area is 279 Å². The number of non-ortho nitro benzene ring substituents is 1. The van der Waals surface area contributed by atoms with Crippen molar-refractivity contribution in [2.75, 3.05) is 12.5 Å². The van der Waals surface area contributed by atoms with Gasteiger partial charge < -0.3 is 34.8 Å². The van der Waals surface area contributed by atoms with Gasteiger partial charge >= 0.3 is 5.97 Å². The van der Waals surface area contributed by atoms with Crippen LogP contribution in [0, 0.1) is 10.1 Å². The number of nitrogens with two attached hydrogens (primary N) is 2. The number of carboxylic acids is 1. The molecule has 0 bridgehead atoms. The van der Waals surface area contributed by atoms with E-state index in [9.17, 15) is 29.3 Å². The molecule has 0 unspecified atom stereocenters. The fourth-order valence-corrected chi connectivity index (χ4v) is 7.71. The number of hydrogen-bond acceptors (Lipinski definition) is 9. The van der Waals surface area contributed by atoms with Gasteiger partial charge in [0.1, 0.15) is 0 Å². The van der Waals surface area contributed by atoms with Gasteiger partial charge in [0, 0.05) is 6.07 Å². The predicted molar refractivity (Wildman–Crippen MR) is 177 cm³/mol. The number of rotatable bonds is 10. The molecule has 0 saturated heterocycles. The lowest BCUT2D eigenvalue weighted by Crippen LogP contribution is -2.95. The molecule has 4 fully saturated rings. The average molecular weight is 682 g/mol. The maximum absolute atomic E-state index is 10.7. The summed E-state index contributed by atoms with van der Waals surface area (Å²) < 4.78 is 15.5. The molecule has 0 atom stereocenters. The summed E-state index contributed by atoms with van der Waals surface area (Å²) in [5.41, 5.74) is 0.0161. The molecule has 0 amide bonds. The fourth-order valence-electron chi connectivity index (χ4n) is 7.30. The Morgan fingerprint density at radius 1 is 0.809 bits per heavy atom. The number of ether oxygens (including phenoxy) is 1. The third kappa shape index (κ3) is 14.6. The molecule has 6 N–H and O–H groups in total. The van der Waals surface area contributed by atoms with E-state index in [-0.39, 0.29) is 17.1 Å². The van der Waals surface area contributed by atoms with Crippen molar-refractivity contribution in [2.45, 2.75) is 153 Å². The standard InChI is InChI=1S/2C12H23N.C9H10N3O8P/c2*1-3-7-11(8-4-1)13-12-9-5-2-6-10-12;1-20-7-4-5(12(15)16)2-3-6(7)10-11-8(9(13)14)21(17,18)19/h2*11-13H,1-10H2;2-4,10H,1H3,(H,13,14)(H2,17,18,19)/b;;11-8+. The first-order chi connectivity index (χ1) is 22.6. The lowest BCUT2D eigenvalue weighted by atomic mass is 9.91. The van der Waals surface area contributed by atoms with Crippen molar-refractivity contribution >= 4 is 30.4 Å². The van der Waals surface area contributed by atoms with Crippen LogP contribution in [0.5, 0.6) is 5.75 Å². The summed E-state index contributed by atoms with van der Waals surface area (Å²) in [5.74, 6) is -2.12. The van der Waals surface area contributed by atoms with Crippen LogP contribution >= 0.6 is 7.60 Å². The van der Waals surface area contributed by atoms with Gasteiger partial charge in [-0.15, -0.1) is 0 Å². The monoisotopic (exact) mass is 681 g/mol. The van der Waals surface area contributed by atoms with E-state index >= 15 is 0 Å². The highest BCUT2D eigenvalue weighted by molar-refractivity contribution is 7.71. The van der Waals surface area contributed by atoms with Crippen molar-refractivity contribution in [2.24, 2.45) is 5.10 Å². The van der Waals surface area contributed by atoms with Crippen molar-refractivity contribution < 1.29 is 44.5 Å². The molecular formula is C33H56N5O8P. The number of anilines is 1. The van der Waals surface area contributed by atoms with Gasteiger partial charge in [0.05, 0.1) is 48.0 Å². The summed E-state index contributed by atoms with van der Waals surface area (Å²) in [5, 5.41) is 27.6. The van der Waals surface area contributed by atoms with Crippen molar-refractivity contribution in [3.8, 4) is 5.75 Å². The third-order valence-corrected chi connectivity index (χ3v) is 10.6. The zero-order chi connectivity index (χ0) is 34.1. The zero-order valence-electron chi connectivity index (χ0n) is 28.0. The van der Waals surface area contributed by atoms with E-state index in [0.717, 1.165) is 42.4 Å². The lowest BCUT2D eigenvalue weighted by Gasteiger charge is -2.28. The Kier molecular flexibility index (Phi) is 17.1. The molecule has 47 heavy (non-hydrogen) atoms. The van der Waals surface area contributed by atoms with Gasteiger partial charge in [-0.3, -0.25) is 15.5 Å². The molecule has 266 valence electrons. The van der Waals surface area contributed by atoms with Gasteiger partial charge in [-0.05, 0) is 116 Å². The van der Waals surface area contributed by atoms with Gasteiger partial charge in [0.25, 0.3) is 5.69 Å². The second-order valence-electron chi connectivity index (χ2n) is 13.5. The van der Waals surface area contributed by atoms with E-state index in [4.69, 9.17) is 9.84 Å². The first-order valence-corrected chi connectivity index (χ1v) is 19.2. The number of carboxylic acid groups (broad SMARTS) is 1. The quantitative estimate of drug-likeness (QED) is 0.122. The lowest BCUT2D eigenvalue weighted by molar-refractivity contribution is -0.726. The molecule has 0 spiro atoms. The van der Waals surface area contributed by atoms with E-state index in [0.29, 0.717) is 0 Å². The number of benzene rings is 1. The van der Waals surface area contributed by atoms with Crippen LogP contribution in [0.15, 0.2) is 23.3 Å². The minimum absolute atomic E-state index is 0.0599. The van der Waals surface area contributed by atoms with Crippen LogP contribution in [0.1, 0.15) is 128 Å². The highest BCUT2D eigenvalue weighted by Crippen LogP contribution is 2.31. The summed E-state index contributed by atoms with van der Waals surface area (Å²) in [6.07, 6.45) is 29.9. The van der Waals surface area contributed by atoms with Gasteiger partial charge in [-0.2, -0.15) is 5.10 Å². The zero-order valence-corrected chi connectivity index (χ0v) is 28.9. The number of hydrogen-bond donors (Lipinski definition) is 4. The number of aliphatic carboxylic acids is 1. The van der Waals surface area contributed by atoms with Crippen LogP contribution in [0.25, 0.3) is 0 Å². The smallest absolute Gasteiger partial charge is 0.357 e. The molecule has 4 aliphatic rings. The van der Waals surface area contributed by atoms with Gasteiger partial charge in [-0.25, -0.2) is 4.79 Å². The minimum atomic E-state index is -5.58. The fraction of sp³-hybridized carbons (Fsp3) is 0.758. The number of nitro groups is 1. The molecule has 0 heterocycles. The molecule has 0 aliphatic heterocycles. The van der Waals surface area contributed by atoms with Crippen LogP contribution in [0.3, 0.4) is 0 Å². The first kappa shape index (κ1) is 38.9. The van der Waals surface area contributed by atoms with Crippen molar-refractivity contribution in [3.05, 3.63) is 28.3 Å². The molecule has 4 aliphatic carbocycles. The van der Waals surface area contributed by atoms with E-state index in [1.807, 2.05) is 5.43 Å². The first-order valence-electron chi connectivity index (χ1n) is 17.7. The van der Waals surface area contributed by atoms with Crippen molar-refractivity contribution in [1.82, 2.24) is 0 Å². The predicted octanol–water partition coefficient (Wildman–Crippen LogP) is 3.76. The summed E-state index contributed by atoms with van der Waals surface area (Å²) in [6, 6.07) is 7.16. The molecule has 1 aromatic carbocycles. The van der Waals surface area contributed by atoms with Gasteiger partial charge in [0.15, 0.2) is 11.2 Å². The Morgan fingerprint density at radius 3 is 1.49 bits per heavy atom. The summed E-state index contributed by atoms with van der Waals surface area (Å²) in [4.78, 5) is 41.9. The Hall–Kier alpha value is -2.57. The van der Waals surface area contributed by atoms with Crippen LogP contribution < -0.4 is 30.6 Å². The van der Waals surface area contributed by atoms with Crippen LogP contribution in [-0.2, 0) is 9.36 Å². The highest BCUT2D eigenvalue weighted by Gasteiger charge is 2.24. The SMILES string of the molecule is C1CCC([NH2+]C2CCCCC2)CC1.C1CCC([NH2+]C2CCCCC2)CC1.COc1cc([N+](=O)[O-])ccc1N/N=C(\C(=O)O)P(=O)([O-])[O-]. The maximum atomic E-state index is 10.7. The normalized spacial score (nSPS) is 20.6. The minimum Gasteiger partial charge on any atom is -0.806 e. The Morgan fingerprint density at radius 2 is 1.19 bits per heavy atom. The molecule has 4 saturated carbocycles. The summed E-state index contributed by atoms with van der Waals surface area (Å²) in [6.45, 7) is 0. The Balaban J connectivity index is 0.000000200. The number of methoxy groups -OCH3 is 1. The van der Waals surface area contributed by atoms with E-state index in [1.54, 1.807) is 0 Å². The van der Waals surface area contributed by atoms with Crippen LogP contribution in [-0.4, -0.2) is 52.7 Å². The number of quaternary nitrogens is 2. The number of nitro benzene ring substituents is 1.